The number of hydrogen-bond donors (Lipinski definition) is 0. The number of ether oxygens (including phenoxy) is 1. The van der Waals surface area contributed by atoms with E-state index in [-0.39, 0.29) is 23.6 Å². The summed E-state index contributed by atoms with van der Waals surface area (Å²) < 4.78 is 18.1. The van der Waals surface area contributed by atoms with Crippen LogP contribution >= 0.6 is 0 Å². The monoisotopic (exact) mass is 334 g/mol. The third kappa shape index (κ3) is 3.43. The topological polar surface area (TPSA) is 49.9 Å². The molecule has 1 aliphatic carbocycles. The zero-order chi connectivity index (χ0) is 17.1. The van der Waals surface area contributed by atoms with Crippen molar-refractivity contribution in [3.63, 3.8) is 0 Å². The molecule has 0 N–H and O–H groups in total. The van der Waals surface area contributed by atoms with Gasteiger partial charge >= 0.3 is 5.97 Å². The average Bonchev–Trinajstić information content (AvgIpc) is 2.55. The molecule has 5 nitrogen and oxygen atoms in total. The molecule has 0 bridgehead atoms. The number of amides is 1. The van der Waals surface area contributed by atoms with Gasteiger partial charge in [0.15, 0.2) is 0 Å². The molecule has 0 radical (unpaired) electrons. The largest absolute Gasteiger partial charge is 0.468 e. The Morgan fingerprint density at radius 2 is 1.75 bits per heavy atom. The molecule has 1 aromatic rings. The quantitative estimate of drug-likeness (QED) is 0.790. The summed E-state index contributed by atoms with van der Waals surface area (Å²) in [5.74, 6) is -0.249. The molecule has 6 heteroatoms. The van der Waals surface area contributed by atoms with Gasteiger partial charge in [-0.2, -0.15) is 0 Å². The second kappa shape index (κ2) is 7.30. The lowest BCUT2D eigenvalue weighted by Crippen LogP contribution is -2.53. The normalized spacial score (nSPS) is 20.3. The second-order valence-corrected chi connectivity index (χ2v) is 6.47. The molecule has 1 aliphatic heterocycles. The Morgan fingerprint density at radius 1 is 1.12 bits per heavy atom. The number of esters is 1. The minimum absolute atomic E-state index is 0.199. The Morgan fingerprint density at radius 3 is 2.25 bits per heavy atom. The Bertz CT molecular complexity index is 593. The summed E-state index contributed by atoms with van der Waals surface area (Å²) in [6.07, 6.45) is 3.14. The highest BCUT2D eigenvalue weighted by molar-refractivity contribution is 5.80. The fourth-order valence-electron chi connectivity index (χ4n) is 3.37. The standard InChI is InChI=1S/C18H23FN2O3/c1-24-18(23)16(13-5-7-15(19)8-6-13)20-9-11-21(12-10-20)17(22)14-3-2-4-14/h5-8,14,16H,2-4,9-12H2,1H3/t16-/m0/s1. The maximum absolute atomic E-state index is 13.2. The van der Waals surface area contributed by atoms with Crippen molar-refractivity contribution in [1.29, 1.82) is 0 Å². The van der Waals surface area contributed by atoms with E-state index in [2.05, 4.69) is 0 Å². The maximum Gasteiger partial charge on any atom is 0.327 e. The van der Waals surface area contributed by atoms with E-state index in [0.717, 1.165) is 19.3 Å². The molecule has 130 valence electrons. The van der Waals surface area contributed by atoms with E-state index in [9.17, 15) is 14.0 Å². The van der Waals surface area contributed by atoms with Crippen molar-refractivity contribution in [3.05, 3.63) is 35.6 Å². The molecular formula is C18H23FN2O3. The molecule has 0 spiro atoms. The van der Waals surface area contributed by atoms with Crippen LogP contribution in [0.5, 0.6) is 0 Å². The zero-order valence-electron chi connectivity index (χ0n) is 13.9. The fraction of sp³-hybridized carbons (Fsp3) is 0.556. The average molecular weight is 334 g/mol. The van der Waals surface area contributed by atoms with Crippen molar-refractivity contribution in [2.45, 2.75) is 25.3 Å². The van der Waals surface area contributed by atoms with Crippen LogP contribution in [0.2, 0.25) is 0 Å². The lowest BCUT2D eigenvalue weighted by atomic mass is 9.84. The first-order valence-electron chi connectivity index (χ1n) is 8.46. The molecule has 0 aromatic heterocycles. The van der Waals surface area contributed by atoms with Gasteiger partial charge in [-0.3, -0.25) is 9.69 Å². The maximum atomic E-state index is 13.2. The molecule has 1 heterocycles. The molecule has 0 unspecified atom stereocenters. The molecule has 24 heavy (non-hydrogen) atoms. The van der Waals surface area contributed by atoms with Crippen LogP contribution in [0.15, 0.2) is 24.3 Å². The summed E-state index contributed by atoms with van der Waals surface area (Å²) in [6, 6.07) is 5.37. The molecule has 1 saturated heterocycles. The predicted octanol–water partition coefficient (Wildman–Crippen LogP) is 1.98. The Kier molecular flexibility index (Phi) is 5.14. The number of halogens is 1. The molecule has 2 aliphatic rings. The van der Waals surface area contributed by atoms with Gasteiger partial charge in [0.2, 0.25) is 5.91 Å². The molecule has 1 aromatic carbocycles. The highest BCUT2D eigenvalue weighted by Crippen LogP contribution is 2.29. The van der Waals surface area contributed by atoms with Gasteiger partial charge in [0, 0.05) is 32.1 Å². The van der Waals surface area contributed by atoms with Crippen molar-refractivity contribution >= 4 is 11.9 Å². The number of nitrogens with zero attached hydrogens (tertiary/aromatic N) is 2. The summed E-state index contributed by atoms with van der Waals surface area (Å²) in [5, 5.41) is 0. The van der Waals surface area contributed by atoms with Gasteiger partial charge in [0.05, 0.1) is 7.11 Å². The van der Waals surface area contributed by atoms with E-state index in [0.29, 0.717) is 31.7 Å². The van der Waals surface area contributed by atoms with E-state index in [1.807, 2.05) is 9.80 Å². The summed E-state index contributed by atoms with van der Waals surface area (Å²) in [5.41, 5.74) is 0.710. The summed E-state index contributed by atoms with van der Waals surface area (Å²) in [7, 11) is 1.36. The van der Waals surface area contributed by atoms with Crippen molar-refractivity contribution in [3.8, 4) is 0 Å². The van der Waals surface area contributed by atoms with Crippen molar-refractivity contribution in [1.82, 2.24) is 9.80 Å². The Hall–Kier alpha value is -1.95. The molecule has 2 fully saturated rings. The lowest BCUT2D eigenvalue weighted by Gasteiger charge is -2.40. The van der Waals surface area contributed by atoms with Gasteiger partial charge < -0.3 is 9.64 Å². The highest BCUT2D eigenvalue weighted by Gasteiger charge is 2.35. The highest BCUT2D eigenvalue weighted by atomic mass is 19.1. The minimum Gasteiger partial charge on any atom is -0.468 e. The van der Waals surface area contributed by atoms with E-state index in [4.69, 9.17) is 4.74 Å². The minimum atomic E-state index is -0.559. The van der Waals surface area contributed by atoms with Crippen LogP contribution in [0, 0.1) is 11.7 Å². The Labute approximate surface area is 141 Å². The summed E-state index contributed by atoms with van der Waals surface area (Å²) in [4.78, 5) is 28.5. The van der Waals surface area contributed by atoms with Crippen LogP contribution in [-0.4, -0.2) is 55.0 Å². The molecular weight excluding hydrogens is 311 g/mol. The first kappa shape index (κ1) is 16.9. The number of benzene rings is 1. The SMILES string of the molecule is COC(=O)[C@H](c1ccc(F)cc1)N1CCN(C(=O)C2CCC2)CC1. The van der Waals surface area contributed by atoms with Crippen LogP contribution in [0.4, 0.5) is 4.39 Å². The van der Waals surface area contributed by atoms with Crippen LogP contribution in [0.25, 0.3) is 0 Å². The second-order valence-electron chi connectivity index (χ2n) is 6.47. The van der Waals surface area contributed by atoms with Crippen molar-refractivity contribution in [2.24, 2.45) is 5.92 Å². The van der Waals surface area contributed by atoms with Crippen molar-refractivity contribution < 1.29 is 18.7 Å². The number of methoxy groups -OCH3 is 1. The smallest absolute Gasteiger partial charge is 0.327 e. The predicted molar refractivity (Wildman–Crippen MR) is 86.7 cm³/mol. The van der Waals surface area contributed by atoms with Crippen LogP contribution < -0.4 is 0 Å². The number of carbonyl (C=O) groups is 2. The molecule has 3 rings (SSSR count). The first-order valence-corrected chi connectivity index (χ1v) is 8.46. The third-order valence-corrected chi connectivity index (χ3v) is 5.06. The van der Waals surface area contributed by atoms with Gasteiger partial charge in [-0.25, -0.2) is 9.18 Å². The number of piperazine rings is 1. The van der Waals surface area contributed by atoms with Crippen LogP contribution in [-0.2, 0) is 14.3 Å². The summed E-state index contributed by atoms with van der Waals surface area (Å²) in [6.45, 7) is 2.44. The Balaban J connectivity index is 1.67. The van der Waals surface area contributed by atoms with Gasteiger partial charge in [0.25, 0.3) is 0 Å². The van der Waals surface area contributed by atoms with E-state index >= 15 is 0 Å². The van der Waals surface area contributed by atoms with Crippen molar-refractivity contribution in [2.75, 3.05) is 33.3 Å². The van der Waals surface area contributed by atoms with Crippen LogP contribution in [0.3, 0.4) is 0 Å². The summed E-state index contributed by atoms with van der Waals surface area (Å²) >= 11 is 0. The molecule has 1 saturated carbocycles. The van der Waals surface area contributed by atoms with E-state index in [1.54, 1.807) is 12.1 Å². The van der Waals surface area contributed by atoms with Gasteiger partial charge in [-0.15, -0.1) is 0 Å². The zero-order valence-corrected chi connectivity index (χ0v) is 13.9. The van der Waals surface area contributed by atoms with Gasteiger partial charge in [0.1, 0.15) is 11.9 Å². The van der Waals surface area contributed by atoms with E-state index < -0.39 is 6.04 Å². The first-order chi connectivity index (χ1) is 11.6. The number of hydrogen-bond acceptors (Lipinski definition) is 4. The molecule has 1 amide bonds. The number of rotatable bonds is 4. The van der Waals surface area contributed by atoms with E-state index in [1.165, 1.54) is 19.2 Å². The third-order valence-electron chi connectivity index (χ3n) is 5.06. The van der Waals surface area contributed by atoms with Gasteiger partial charge in [-0.05, 0) is 30.5 Å². The fourth-order valence-corrected chi connectivity index (χ4v) is 3.37. The number of carbonyl (C=O) groups excluding carboxylic acids is 2. The molecule has 1 atom stereocenters. The van der Waals surface area contributed by atoms with Gasteiger partial charge in [-0.1, -0.05) is 18.6 Å². The van der Waals surface area contributed by atoms with Crippen LogP contribution in [0.1, 0.15) is 30.9 Å². The lowest BCUT2D eigenvalue weighted by molar-refractivity contribution is -0.149.